The molecule has 1 saturated carbocycles. The van der Waals surface area contributed by atoms with Crippen LogP contribution in [0.15, 0.2) is 42.5 Å². The van der Waals surface area contributed by atoms with Crippen LogP contribution in [0.5, 0.6) is 0 Å². The van der Waals surface area contributed by atoms with Crippen LogP contribution < -0.4 is 0 Å². The van der Waals surface area contributed by atoms with Crippen LogP contribution in [0.3, 0.4) is 0 Å². The van der Waals surface area contributed by atoms with Crippen molar-refractivity contribution in [2.45, 2.75) is 63.8 Å². The SMILES string of the molecule is CCCCCC(O)C=C[C@@H]1[C@H]2CC(=O)O[C@H]2C[C@H]1OC(=O)c1ccccc1. The van der Waals surface area contributed by atoms with E-state index in [-0.39, 0.29) is 36.0 Å². The minimum absolute atomic E-state index is 0.00478. The Hall–Kier alpha value is -2.14. The van der Waals surface area contributed by atoms with Crippen molar-refractivity contribution in [3.63, 3.8) is 0 Å². The molecular weight excluding hydrogens is 344 g/mol. The number of carbonyl (C=O) groups is 2. The first-order valence-electron chi connectivity index (χ1n) is 9.90. The first kappa shape index (κ1) is 19.6. The average Bonchev–Trinajstić information content (AvgIpc) is 3.16. The predicted octanol–water partition coefficient (Wildman–Crippen LogP) is 3.66. The quantitative estimate of drug-likeness (QED) is 0.428. The summed E-state index contributed by atoms with van der Waals surface area (Å²) in [6, 6.07) is 8.89. The Morgan fingerprint density at radius 3 is 2.85 bits per heavy atom. The minimum atomic E-state index is -0.515. The number of fused-ring (bicyclic) bond motifs is 1. The van der Waals surface area contributed by atoms with E-state index in [4.69, 9.17) is 9.47 Å². The lowest BCUT2D eigenvalue weighted by Crippen LogP contribution is -2.25. The number of hydrogen-bond acceptors (Lipinski definition) is 5. The number of aliphatic hydroxyl groups is 1. The van der Waals surface area contributed by atoms with Gasteiger partial charge in [0, 0.05) is 18.3 Å². The first-order valence-corrected chi connectivity index (χ1v) is 9.90. The van der Waals surface area contributed by atoms with Gasteiger partial charge >= 0.3 is 11.9 Å². The van der Waals surface area contributed by atoms with E-state index in [1.54, 1.807) is 30.3 Å². The zero-order valence-electron chi connectivity index (χ0n) is 15.8. The summed E-state index contributed by atoms with van der Waals surface area (Å²) in [5, 5.41) is 10.2. The highest BCUT2D eigenvalue weighted by Gasteiger charge is 2.50. The fourth-order valence-corrected chi connectivity index (χ4v) is 4.03. The van der Waals surface area contributed by atoms with Crippen molar-refractivity contribution < 1.29 is 24.2 Å². The van der Waals surface area contributed by atoms with Crippen molar-refractivity contribution in [3.05, 3.63) is 48.0 Å². The highest BCUT2D eigenvalue weighted by atomic mass is 16.6. The van der Waals surface area contributed by atoms with Crippen LogP contribution in [0.4, 0.5) is 0 Å². The Bertz CT molecular complexity index is 669. The molecule has 27 heavy (non-hydrogen) atoms. The molecular formula is C22H28O5. The summed E-state index contributed by atoms with van der Waals surface area (Å²) in [6.07, 6.45) is 7.39. The van der Waals surface area contributed by atoms with Gasteiger partial charge in [0.05, 0.1) is 18.1 Å². The Balaban J connectivity index is 1.66. The molecule has 1 saturated heterocycles. The largest absolute Gasteiger partial charge is 0.462 e. The van der Waals surface area contributed by atoms with Crippen LogP contribution in [0, 0.1) is 11.8 Å². The van der Waals surface area contributed by atoms with Crippen LogP contribution in [-0.2, 0) is 14.3 Å². The number of hydrogen-bond donors (Lipinski definition) is 1. The molecule has 1 aliphatic heterocycles. The maximum absolute atomic E-state index is 12.4. The average molecular weight is 372 g/mol. The van der Waals surface area contributed by atoms with E-state index in [9.17, 15) is 14.7 Å². The first-order chi connectivity index (χ1) is 13.1. The number of rotatable bonds is 8. The lowest BCUT2D eigenvalue weighted by Gasteiger charge is -2.20. The third-order valence-corrected chi connectivity index (χ3v) is 5.48. The number of unbranched alkanes of at least 4 members (excludes halogenated alkanes) is 2. The van der Waals surface area contributed by atoms with Gasteiger partial charge in [-0.25, -0.2) is 4.79 Å². The van der Waals surface area contributed by atoms with Crippen molar-refractivity contribution in [3.8, 4) is 0 Å². The zero-order valence-corrected chi connectivity index (χ0v) is 15.8. The summed E-state index contributed by atoms with van der Waals surface area (Å²) in [4.78, 5) is 24.1. The lowest BCUT2D eigenvalue weighted by molar-refractivity contribution is -0.141. The van der Waals surface area contributed by atoms with Crippen LogP contribution >= 0.6 is 0 Å². The van der Waals surface area contributed by atoms with E-state index in [1.807, 2.05) is 12.1 Å². The molecule has 1 heterocycles. The van der Waals surface area contributed by atoms with Gasteiger partial charge in [0.2, 0.25) is 0 Å². The van der Waals surface area contributed by atoms with Crippen LogP contribution in [0.2, 0.25) is 0 Å². The van der Waals surface area contributed by atoms with Crippen molar-refractivity contribution in [1.29, 1.82) is 0 Å². The summed E-state index contributed by atoms with van der Waals surface area (Å²) in [5.41, 5.74) is 0.508. The third-order valence-electron chi connectivity index (χ3n) is 5.48. The van der Waals surface area contributed by atoms with Crippen molar-refractivity contribution in [1.82, 2.24) is 0 Å². The van der Waals surface area contributed by atoms with Gasteiger partial charge in [-0.3, -0.25) is 4.79 Å². The highest BCUT2D eigenvalue weighted by Crippen LogP contribution is 2.43. The van der Waals surface area contributed by atoms with Gasteiger partial charge in [-0.2, -0.15) is 0 Å². The van der Waals surface area contributed by atoms with Crippen LogP contribution in [-0.4, -0.2) is 35.4 Å². The second-order valence-corrected chi connectivity index (χ2v) is 7.47. The molecule has 0 spiro atoms. The molecule has 3 rings (SSSR count). The van der Waals surface area contributed by atoms with E-state index >= 15 is 0 Å². The van der Waals surface area contributed by atoms with Crippen molar-refractivity contribution >= 4 is 11.9 Å². The molecule has 2 aliphatic rings. The standard InChI is InChI=1S/C22H28O5/c1-2-3-5-10-16(23)11-12-17-18-13-21(24)26-20(18)14-19(17)27-22(25)15-8-6-4-7-9-15/h4,6-9,11-12,16-20,23H,2-3,5,10,13-14H2,1H3/t16?,17-,18-,19-,20+/m1/s1. The molecule has 0 amide bonds. The van der Waals surface area contributed by atoms with Crippen LogP contribution in [0.25, 0.3) is 0 Å². The number of benzene rings is 1. The molecule has 0 aromatic heterocycles. The summed E-state index contributed by atoms with van der Waals surface area (Å²) in [6.45, 7) is 2.13. The second-order valence-electron chi connectivity index (χ2n) is 7.47. The fraction of sp³-hybridized carbons (Fsp3) is 0.545. The molecule has 0 bridgehead atoms. The van der Waals surface area contributed by atoms with Gasteiger partial charge in [0.1, 0.15) is 12.2 Å². The third kappa shape index (κ3) is 4.98. The molecule has 1 aliphatic carbocycles. The van der Waals surface area contributed by atoms with Crippen molar-refractivity contribution in [2.24, 2.45) is 11.8 Å². The summed E-state index contributed by atoms with van der Waals surface area (Å²) in [5.74, 6) is -0.673. The summed E-state index contributed by atoms with van der Waals surface area (Å²) < 4.78 is 11.1. The molecule has 5 heteroatoms. The number of aliphatic hydroxyl groups excluding tert-OH is 1. The van der Waals surface area contributed by atoms with Gasteiger partial charge in [0.15, 0.2) is 0 Å². The molecule has 2 fully saturated rings. The summed E-state index contributed by atoms with van der Waals surface area (Å²) in [7, 11) is 0. The van der Waals surface area contributed by atoms with Gasteiger partial charge in [-0.15, -0.1) is 0 Å². The minimum Gasteiger partial charge on any atom is -0.462 e. The van der Waals surface area contributed by atoms with E-state index in [2.05, 4.69) is 6.92 Å². The highest BCUT2D eigenvalue weighted by molar-refractivity contribution is 5.89. The fourth-order valence-electron chi connectivity index (χ4n) is 4.03. The molecule has 1 N–H and O–H groups in total. The van der Waals surface area contributed by atoms with Gasteiger partial charge in [-0.1, -0.05) is 56.5 Å². The van der Waals surface area contributed by atoms with Gasteiger partial charge in [-0.05, 0) is 18.6 Å². The molecule has 1 unspecified atom stereocenters. The van der Waals surface area contributed by atoms with E-state index in [0.717, 1.165) is 25.7 Å². The number of ether oxygens (including phenoxy) is 2. The maximum atomic E-state index is 12.4. The predicted molar refractivity (Wildman–Crippen MR) is 101 cm³/mol. The van der Waals surface area contributed by atoms with Crippen LogP contribution in [0.1, 0.15) is 55.8 Å². The number of esters is 2. The van der Waals surface area contributed by atoms with E-state index < -0.39 is 6.10 Å². The van der Waals surface area contributed by atoms with Crippen molar-refractivity contribution in [2.75, 3.05) is 0 Å². The molecule has 0 radical (unpaired) electrons. The summed E-state index contributed by atoms with van der Waals surface area (Å²) >= 11 is 0. The monoisotopic (exact) mass is 372 g/mol. The van der Waals surface area contributed by atoms with E-state index in [1.165, 1.54) is 0 Å². The molecule has 5 nitrogen and oxygen atoms in total. The molecule has 5 atom stereocenters. The Morgan fingerprint density at radius 2 is 2.11 bits per heavy atom. The molecule has 1 aromatic carbocycles. The van der Waals surface area contributed by atoms with Gasteiger partial charge in [0.25, 0.3) is 0 Å². The molecule has 146 valence electrons. The normalized spacial score (nSPS) is 28.1. The Labute approximate surface area is 160 Å². The van der Waals surface area contributed by atoms with E-state index in [0.29, 0.717) is 18.4 Å². The Kier molecular flexibility index (Phi) is 6.67. The Morgan fingerprint density at radius 1 is 1.33 bits per heavy atom. The topological polar surface area (TPSA) is 72.8 Å². The zero-order chi connectivity index (χ0) is 19.2. The lowest BCUT2D eigenvalue weighted by atomic mass is 9.91. The smallest absolute Gasteiger partial charge is 0.338 e. The second kappa shape index (κ2) is 9.18. The molecule has 1 aromatic rings. The maximum Gasteiger partial charge on any atom is 0.338 e. The van der Waals surface area contributed by atoms with Gasteiger partial charge < -0.3 is 14.6 Å². The number of carbonyl (C=O) groups excluding carboxylic acids is 2.